The molecule has 4 saturated carbocycles. The fourth-order valence-corrected chi connectivity index (χ4v) is 10.4. The van der Waals surface area contributed by atoms with Gasteiger partial charge in [-0.1, -0.05) is 77.0 Å². The maximum absolute atomic E-state index is 7.24. The lowest BCUT2D eigenvalue weighted by molar-refractivity contribution is -0.193. The van der Waals surface area contributed by atoms with E-state index in [2.05, 4.69) is 27.7 Å². The van der Waals surface area contributed by atoms with E-state index in [-0.39, 0.29) is 22.4 Å². The monoisotopic (exact) mass is 480 g/mol. The summed E-state index contributed by atoms with van der Waals surface area (Å²) in [5.41, 5.74) is -0.811. The van der Waals surface area contributed by atoms with Crippen LogP contribution in [0.3, 0.4) is 0 Å². The predicted octanol–water partition coefficient (Wildman–Crippen LogP) is 8.38. The van der Waals surface area contributed by atoms with Crippen molar-refractivity contribution in [3.8, 4) is 0 Å². The Morgan fingerprint density at radius 3 is 0.697 bits per heavy atom. The van der Waals surface area contributed by atoms with Gasteiger partial charge >= 0.3 is 9.05 Å². The Kier molecular flexibility index (Phi) is 8.38. The van der Waals surface area contributed by atoms with E-state index < -0.39 is 9.05 Å². The van der Waals surface area contributed by atoms with E-state index in [9.17, 15) is 0 Å². The number of rotatable bonds is 8. The van der Waals surface area contributed by atoms with Crippen LogP contribution in [0.5, 0.6) is 0 Å². The van der Waals surface area contributed by atoms with Gasteiger partial charge in [-0.2, -0.15) is 0 Å². The zero-order valence-corrected chi connectivity index (χ0v) is 23.3. The summed E-state index contributed by atoms with van der Waals surface area (Å²) in [5, 5.41) is 0. The van der Waals surface area contributed by atoms with Crippen LogP contribution in [0.2, 0.25) is 0 Å². The molecule has 0 radical (unpaired) electrons. The van der Waals surface area contributed by atoms with Crippen LogP contribution in [0, 0.1) is 0 Å². The first-order valence-electron chi connectivity index (χ1n) is 14.5. The second-order valence-corrected chi connectivity index (χ2v) is 14.8. The summed E-state index contributed by atoms with van der Waals surface area (Å²) in [6.45, 7) is 9.22. The molecule has 4 aliphatic rings. The summed E-state index contributed by atoms with van der Waals surface area (Å²) < 4.78 is 29.0. The Morgan fingerprint density at radius 2 is 0.515 bits per heavy atom. The van der Waals surface area contributed by atoms with Gasteiger partial charge in [0.05, 0.1) is 22.4 Å². The average Bonchev–Trinajstić information content (AvgIpc) is 2.74. The van der Waals surface area contributed by atoms with Crippen LogP contribution in [0.15, 0.2) is 0 Å². The van der Waals surface area contributed by atoms with Gasteiger partial charge in [-0.05, 0) is 79.1 Å². The van der Waals surface area contributed by atoms with Crippen LogP contribution in [0.25, 0.3) is 0 Å². The van der Waals surface area contributed by atoms with Crippen molar-refractivity contribution in [2.75, 3.05) is 0 Å². The van der Waals surface area contributed by atoms with Crippen molar-refractivity contribution in [1.82, 2.24) is 0 Å². The number of hydrogen-bond donors (Lipinski definition) is 0. The summed E-state index contributed by atoms with van der Waals surface area (Å²) >= 11 is 0. The van der Waals surface area contributed by atoms with Gasteiger partial charge < -0.3 is 17.7 Å². The molecule has 4 aliphatic carbocycles. The molecule has 0 spiro atoms. The van der Waals surface area contributed by atoms with Crippen LogP contribution < -0.4 is 0 Å². The molecule has 5 heteroatoms. The molecule has 4 rings (SSSR count). The average molecular weight is 481 g/mol. The van der Waals surface area contributed by atoms with Crippen molar-refractivity contribution in [3.63, 3.8) is 0 Å². The standard InChI is InChI=1S/C28H52O4Si/c1-25(17-9-5-10-18-25)29-33(30-26(2)19-11-6-12-20-26,31-27(3)21-13-7-14-22-27)32-28(4)23-15-8-16-24-28/h5-24H2,1-4H3. The van der Waals surface area contributed by atoms with Crippen molar-refractivity contribution in [1.29, 1.82) is 0 Å². The molecule has 33 heavy (non-hydrogen) atoms. The van der Waals surface area contributed by atoms with E-state index in [0.29, 0.717) is 0 Å². The quantitative estimate of drug-likeness (QED) is 0.327. The van der Waals surface area contributed by atoms with Gasteiger partial charge in [-0.3, -0.25) is 0 Å². The molecule has 0 amide bonds. The molecule has 0 saturated heterocycles. The summed E-state index contributed by atoms with van der Waals surface area (Å²) in [4.78, 5) is 0. The molecule has 4 fully saturated rings. The molecule has 0 heterocycles. The third-order valence-corrected chi connectivity index (χ3v) is 12.1. The molecule has 0 aromatic rings. The second kappa shape index (κ2) is 10.6. The maximum Gasteiger partial charge on any atom is 0.681 e. The molecule has 0 aromatic heterocycles. The van der Waals surface area contributed by atoms with Gasteiger partial charge in [0.1, 0.15) is 0 Å². The van der Waals surface area contributed by atoms with Gasteiger partial charge in [0.25, 0.3) is 0 Å². The lowest BCUT2D eigenvalue weighted by Crippen LogP contribution is -2.65. The second-order valence-electron chi connectivity index (χ2n) is 13.0. The molecule has 0 N–H and O–H groups in total. The molecule has 0 aromatic carbocycles. The van der Waals surface area contributed by atoms with Gasteiger partial charge in [0, 0.05) is 0 Å². The van der Waals surface area contributed by atoms with Crippen LogP contribution in [-0.2, 0) is 17.7 Å². The van der Waals surface area contributed by atoms with E-state index in [1.54, 1.807) is 0 Å². The fraction of sp³-hybridized carbons (Fsp3) is 1.00. The predicted molar refractivity (Wildman–Crippen MR) is 136 cm³/mol. The summed E-state index contributed by atoms with van der Waals surface area (Å²) in [6, 6.07) is 0. The van der Waals surface area contributed by atoms with Crippen molar-refractivity contribution in [2.24, 2.45) is 0 Å². The van der Waals surface area contributed by atoms with Gasteiger partial charge in [-0.25, -0.2) is 0 Å². The first kappa shape index (κ1) is 26.1. The Bertz CT molecular complexity index is 502. The van der Waals surface area contributed by atoms with Crippen molar-refractivity contribution < 1.29 is 17.7 Å². The van der Waals surface area contributed by atoms with E-state index >= 15 is 0 Å². The fourth-order valence-electron chi connectivity index (χ4n) is 6.94. The largest absolute Gasteiger partial charge is 0.681 e. The van der Waals surface area contributed by atoms with Crippen molar-refractivity contribution in [3.05, 3.63) is 0 Å². The van der Waals surface area contributed by atoms with Crippen LogP contribution in [-0.4, -0.2) is 31.5 Å². The van der Waals surface area contributed by atoms with E-state index in [0.717, 1.165) is 51.4 Å². The van der Waals surface area contributed by atoms with E-state index in [1.807, 2.05) is 0 Å². The Morgan fingerprint density at radius 1 is 0.333 bits per heavy atom. The molecule has 0 bridgehead atoms. The first-order valence-corrected chi connectivity index (χ1v) is 16.1. The highest BCUT2D eigenvalue weighted by Crippen LogP contribution is 2.46. The smallest absolute Gasteiger partial charge is 0.346 e. The Balaban J connectivity index is 1.68. The Labute approximate surface area is 205 Å². The van der Waals surface area contributed by atoms with Gasteiger partial charge in [0.15, 0.2) is 0 Å². The minimum atomic E-state index is -3.43. The van der Waals surface area contributed by atoms with Gasteiger partial charge in [0.2, 0.25) is 0 Å². The minimum absolute atomic E-state index is 0.203. The lowest BCUT2D eigenvalue weighted by atomic mass is 9.87. The first-order chi connectivity index (χ1) is 15.7. The highest BCUT2D eigenvalue weighted by atomic mass is 28.4. The topological polar surface area (TPSA) is 36.9 Å². The molecular weight excluding hydrogens is 428 g/mol. The minimum Gasteiger partial charge on any atom is -0.346 e. The van der Waals surface area contributed by atoms with Crippen LogP contribution in [0.1, 0.15) is 156 Å². The maximum atomic E-state index is 7.24. The molecule has 0 aliphatic heterocycles. The zero-order chi connectivity index (χ0) is 23.5. The molecular formula is C28H52O4Si. The van der Waals surface area contributed by atoms with Crippen molar-refractivity contribution >= 4 is 9.05 Å². The summed E-state index contributed by atoms with van der Waals surface area (Å²) in [6.07, 6.45) is 23.7. The number of hydrogen-bond acceptors (Lipinski definition) is 4. The Hall–Kier alpha value is 0.0569. The third-order valence-electron chi connectivity index (χ3n) is 9.13. The van der Waals surface area contributed by atoms with E-state index in [4.69, 9.17) is 17.7 Å². The SMILES string of the molecule is CC1(O[Si](OC2(C)CCCCC2)(OC2(C)CCCCC2)OC2(C)CCCCC2)CCCCC1. The highest BCUT2D eigenvalue weighted by molar-refractivity contribution is 6.54. The lowest BCUT2D eigenvalue weighted by Gasteiger charge is -2.51. The summed E-state index contributed by atoms with van der Waals surface area (Å²) in [7, 11) is -3.43. The molecule has 0 atom stereocenters. The third kappa shape index (κ3) is 7.06. The molecule has 192 valence electrons. The van der Waals surface area contributed by atoms with Crippen LogP contribution in [0.4, 0.5) is 0 Å². The normalized spacial score (nSPS) is 29.5. The molecule has 0 unspecified atom stereocenters. The van der Waals surface area contributed by atoms with Crippen LogP contribution >= 0.6 is 0 Å². The molecule has 4 nitrogen and oxygen atoms in total. The van der Waals surface area contributed by atoms with Crippen molar-refractivity contribution in [2.45, 2.75) is 179 Å². The zero-order valence-electron chi connectivity index (χ0n) is 22.3. The van der Waals surface area contributed by atoms with E-state index in [1.165, 1.54) is 77.0 Å². The summed E-state index contributed by atoms with van der Waals surface area (Å²) in [5.74, 6) is 0. The highest BCUT2D eigenvalue weighted by Gasteiger charge is 2.61. The van der Waals surface area contributed by atoms with Gasteiger partial charge in [-0.15, -0.1) is 0 Å².